The minimum atomic E-state index is -0.723. The number of rotatable bonds is 8. The minimum Gasteiger partial charge on any atom is -0.466 e. The number of aromatic nitrogens is 2. The highest BCUT2D eigenvalue weighted by Crippen LogP contribution is 2.32. The molecule has 11 nitrogen and oxygen atoms in total. The zero-order chi connectivity index (χ0) is 28.1. The van der Waals surface area contributed by atoms with Gasteiger partial charge in [-0.3, -0.25) is 29.4 Å². The van der Waals surface area contributed by atoms with Crippen LogP contribution >= 0.6 is 0 Å². The molecule has 2 heterocycles. The van der Waals surface area contributed by atoms with Gasteiger partial charge >= 0.3 is 5.97 Å². The topological polar surface area (TPSA) is 148 Å². The first kappa shape index (κ1) is 26.7. The van der Waals surface area contributed by atoms with Crippen LogP contribution in [0.2, 0.25) is 0 Å². The van der Waals surface area contributed by atoms with Gasteiger partial charge in [-0.1, -0.05) is 30.3 Å². The summed E-state index contributed by atoms with van der Waals surface area (Å²) >= 11 is 0. The van der Waals surface area contributed by atoms with E-state index in [9.17, 15) is 29.8 Å². The van der Waals surface area contributed by atoms with Gasteiger partial charge in [-0.2, -0.15) is 10.4 Å². The average molecular weight is 526 g/mol. The van der Waals surface area contributed by atoms with E-state index in [4.69, 9.17) is 4.74 Å². The van der Waals surface area contributed by atoms with Crippen molar-refractivity contribution in [3.05, 3.63) is 93.2 Å². The van der Waals surface area contributed by atoms with Gasteiger partial charge in [0.1, 0.15) is 17.3 Å². The highest BCUT2D eigenvalue weighted by atomic mass is 16.6. The molecule has 2 amide bonds. The maximum Gasteiger partial charge on any atom is 0.302 e. The van der Waals surface area contributed by atoms with Crippen molar-refractivity contribution in [2.75, 3.05) is 13.2 Å². The molecule has 3 aromatic rings. The number of nitriles is 1. The van der Waals surface area contributed by atoms with Crippen molar-refractivity contribution in [3.8, 4) is 23.0 Å². The quantitative estimate of drug-likeness (QED) is 0.107. The van der Waals surface area contributed by atoms with Gasteiger partial charge < -0.3 is 4.74 Å². The van der Waals surface area contributed by atoms with Gasteiger partial charge in [0.25, 0.3) is 17.5 Å². The van der Waals surface area contributed by atoms with E-state index in [1.807, 2.05) is 36.4 Å². The molecule has 0 spiro atoms. The molecule has 2 aromatic carbocycles. The molecule has 0 saturated carbocycles. The van der Waals surface area contributed by atoms with Crippen LogP contribution in [-0.2, 0) is 19.1 Å². The number of imide groups is 1. The number of benzene rings is 2. The molecule has 0 bridgehead atoms. The zero-order valence-electron chi connectivity index (χ0n) is 21.2. The Bertz CT molecular complexity index is 1580. The van der Waals surface area contributed by atoms with Crippen LogP contribution in [0.5, 0.6) is 0 Å². The minimum absolute atomic E-state index is 0.0107. The molecule has 0 aliphatic carbocycles. The van der Waals surface area contributed by atoms with E-state index in [-0.39, 0.29) is 42.0 Å². The van der Waals surface area contributed by atoms with Crippen molar-refractivity contribution >= 4 is 29.5 Å². The van der Waals surface area contributed by atoms with E-state index in [0.29, 0.717) is 16.8 Å². The first-order chi connectivity index (χ1) is 18.7. The Hall–Kier alpha value is -5.37. The standard InChI is InChI=1S/C28H23N5O6/c1-18-24(27(35)31(28(36)25(18)16-29)12-7-13-39-19(2)34)15-21-17-32(22-9-4-3-5-10-22)30-26(21)20-8-6-11-23(14-20)33(37)38/h3-6,8-11,14-15,17H,7,12-13H2,1-2H3/b24-15+. The van der Waals surface area contributed by atoms with E-state index < -0.39 is 22.7 Å². The summed E-state index contributed by atoms with van der Waals surface area (Å²) in [6.07, 6.45) is 3.40. The highest BCUT2D eigenvalue weighted by Gasteiger charge is 2.35. The van der Waals surface area contributed by atoms with Gasteiger partial charge in [0.15, 0.2) is 0 Å². The number of hydrogen-bond acceptors (Lipinski definition) is 8. The predicted octanol–water partition coefficient (Wildman–Crippen LogP) is 3.99. The third-order valence-electron chi connectivity index (χ3n) is 6.05. The first-order valence-electron chi connectivity index (χ1n) is 11.9. The van der Waals surface area contributed by atoms with Crippen LogP contribution in [-0.4, -0.2) is 50.5 Å². The Labute approximate surface area is 223 Å². The number of carbonyl (C=O) groups is 3. The molecule has 0 saturated heterocycles. The summed E-state index contributed by atoms with van der Waals surface area (Å²) in [5, 5.41) is 25.7. The third-order valence-corrected chi connectivity index (χ3v) is 6.05. The number of non-ortho nitro benzene ring substituents is 1. The number of nitro benzene ring substituents is 1. The molecular weight excluding hydrogens is 502 g/mol. The molecule has 1 aliphatic rings. The van der Waals surface area contributed by atoms with E-state index >= 15 is 0 Å². The molecule has 11 heteroatoms. The fourth-order valence-electron chi connectivity index (χ4n) is 4.12. The van der Waals surface area contributed by atoms with Crippen LogP contribution in [0, 0.1) is 21.4 Å². The molecule has 39 heavy (non-hydrogen) atoms. The van der Waals surface area contributed by atoms with Crippen LogP contribution in [0.4, 0.5) is 5.69 Å². The second-order valence-corrected chi connectivity index (χ2v) is 8.65. The van der Waals surface area contributed by atoms with Crippen LogP contribution in [0.25, 0.3) is 23.0 Å². The summed E-state index contributed by atoms with van der Waals surface area (Å²) in [6, 6.07) is 17.0. The number of ether oxygens (including phenoxy) is 1. The van der Waals surface area contributed by atoms with Crippen LogP contribution in [0.1, 0.15) is 25.8 Å². The fourth-order valence-corrected chi connectivity index (χ4v) is 4.12. The monoisotopic (exact) mass is 525 g/mol. The molecule has 0 fully saturated rings. The van der Waals surface area contributed by atoms with Crippen molar-refractivity contribution in [2.45, 2.75) is 20.3 Å². The number of amides is 2. The number of carbonyl (C=O) groups excluding carboxylic acids is 3. The summed E-state index contributed by atoms with van der Waals surface area (Å²) in [4.78, 5) is 49.3. The zero-order valence-corrected chi connectivity index (χ0v) is 21.2. The summed E-state index contributed by atoms with van der Waals surface area (Å²) in [5.41, 5.74) is 2.00. The SMILES string of the molecule is CC(=O)OCCCN1C(=O)C(C#N)=C(C)/C(=C\c2cn(-c3ccccc3)nc2-c2cccc([N+](=O)[O-])c2)C1=O. The second kappa shape index (κ2) is 11.4. The Balaban J connectivity index is 1.83. The molecule has 4 rings (SSSR count). The number of hydrogen-bond donors (Lipinski definition) is 0. The Morgan fingerprint density at radius 2 is 1.90 bits per heavy atom. The Morgan fingerprint density at radius 1 is 1.15 bits per heavy atom. The average Bonchev–Trinajstić information content (AvgIpc) is 3.35. The van der Waals surface area contributed by atoms with Gasteiger partial charge in [-0.05, 0) is 37.1 Å². The Kier molecular flexibility index (Phi) is 7.77. The molecular formula is C28H23N5O6. The largest absolute Gasteiger partial charge is 0.466 e. The fraction of sp³-hybridized carbons (Fsp3) is 0.179. The van der Waals surface area contributed by atoms with Crippen molar-refractivity contribution in [1.82, 2.24) is 14.7 Å². The van der Waals surface area contributed by atoms with Crippen molar-refractivity contribution < 1.29 is 24.0 Å². The lowest BCUT2D eigenvalue weighted by Gasteiger charge is -2.27. The lowest BCUT2D eigenvalue weighted by atomic mass is 9.93. The lowest BCUT2D eigenvalue weighted by Crippen LogP contribution is -2.43. The molecule has 196 valence electrons. The summed E-state index contributed by atoms with van der Waals surface area (Å²) < 4.78 is 6.48. The maximum atomic E-state index is 13.5. The second-order valence-electron chi connectivity index (χ2n) is 8.65. The van der Waals surface area contributed by atoms with Crippen molar-refractivity contribution in [1.29, 1.82) is 5.26 Å². The molecule has 0 atom stereocenters. The van der Waals surface area contributed by atoms with Crippen LogP contribution < -0.4 is 0 Å². The van der Waals surface area contributed by atoms with Gasteiger partial charge in [0.2, 0.25) is 0 Å². The predicted molar refractivity (Wildman–Crippen MR) is 140 cm³/mol. The van der Waals surface area contributed by atoms with Crippen LogP contribution in [0.15, 0.2) is 77.5 Å². The number of para-hydroxylation sites is 1. The third kappa shape index (κ3) is 5.65. The van der Waals surface area contributed by atoms with E-state index in [0.717, 1.165) is 10.6 Å². The number of nitro groups is 1. The van der Waals surface area contributed by atoms with E-state index in [2.05, 4.69) is 5.10 Å². The number of nitrogens with zero attached hydrogens (tertiary/aromatic N) is 5. The van der Waals surface area contributed by atoms with Gasteiger partial charge in [-0.25, -0.2) is 4.68 Å². The summed E-state index contributed by atoms with van der Waals surface area (Å²) in [6.45, 7) is 2.73. The smallest absolute Gasteiger partial charge is 0.302 e. The highest BCUT2D eigenvalue weighted by molar-refractivity contribution is 6.19. The lowest BCUT2D eigenvalue weighted by molar-refractivity contribution is -0.384. The maximum absolute atomic E-state index is 13.5. The number of esters is 1. The van der Waals surface area contributed by atoms with Crippen LogP contribution in [0.3, 0.4) is 0 Å². The normalized spacial score (nSPS) is 14.5. The van der Waals surface area contributed by atoms with E-state index in [1.54, 1.807) is 23.0 Å². The summed E-state index contributed by atoms with van der Waals surface area (Å²) in [7, 11) is 0. The molecule has 0 radical (unpaired) electrons. The first-order valence-corrected chi connectivity index (χ1v) is 11.9. The van der Waals surface area contributed by atoms with Crippen molar-refractivity contribution in [3.63, 3.8) is 0 Å². The van der Waals surface area contributed by atoms with Gasteiger partial charge in [-0.15, -0.1) is 0 Å². The van der Waals surface area contributed by atoms with Crippen molar-refractivity contribution in [2.24, 2.45) is 0 Å². The Morgan fingerprint density at radius 3 is 2.56 bits per heavy atom. The van der Waals surface area contributed by atoms with Gasteiger partial charge in [0.05, 0.1) is 17.2 Å². The molecule has 0 unspecified atom stereocenters. The van der Waals surface area contributed by atoms with E-state index in [1.165, 1.54) is 32.1 Å². The summed E-state index contributed by atoms with van der Waals surface area (Å²) in [5.74, 6) is -1.82. The molecule has 1 aliphatic heterocycles. The molecule has 1 aromatic heterocycles. The van der Waals surface area contributed by atoms with Gasteiger partial charge in [0, 0.05) is 48.5 Å². The molecule has 0 N–H and O–H groups in total.